The molecule has 88 valence electrons. The predicted octanol–water partition coefficient (Wildman–Crippen LogP) is 3.69. The van der Waals surface area contributed by atoms with E-state index in [0.717, 1.165) is 5.69 Å². The molecule has 0 aliphatic heterocycles. The highest BCUT2D eigenvalue weighted by molar-refractivity contribution is 7.97. The van der Waals surface area contributed by atoms with Gasteiger partial charge in [0, 0.05) is 6.26 Å². The molecular weight excluding hydrogens is 206 g/mol. The summed E-state index contributed by atoms with van der Waals surface area (Å²) in [5.74, 6) is 0. The van der Waals surface area contributed by atoms with Crippen molar-refractivity contribution in [2.24, 2.45) is 0 Å². The van der Waals surface area contributed by atoms with Gasteiger partial charge in [-0.15, -0.1) is 5.10 Å². The third-order valence-corrected chi connectivity index (χ3v) is 2.53. The smallest absolute Gasteiger partial charge is 0.0807 e. The summed E-state index contributed by atoms with van der Waals surface area (Å²) in [7, 11) is 0. The van der Waals surface area contributed by atoms with Crippen LogP contribution in [0.5, 0.6) is 0 Å². The molecule has 0 fully saturated rings. The van der Waals surface area contributed by atoms with Gasteiger partial charge < -0.3 is 0 Å². The summed E-state index contributed by atoms with van der Waals surface area (Å²) in [6, 6.07) is 0. The molecule has 0 saturated heterocycles. The molecule has 0 bridgehead atoms. The van der Waals surface area contributed by atoms with Crippen molar-refractivity contribution in [1.29, 1.82) is 0 Å². The normalized spacial score (nSPS) is 9.60. The monoisotopic (exact) mass is 229 g/mol. The molecule has 0 aliphatic carbocycles. The van der Waals surface area contributed by atoms with Gasteiger partial charge in [0.1, 0.15) is 0 Å². The van der Waals surface area contributed by atoms with Crippen LogP contribution in [0, 0.1) is 6.92 Å². The molecule has 15 heavy (non-hydrogen) atoms. The Hall–Kier alpha value is -0.510. The minimum atomic E-state index is 0.958. The van der Waals surface area contributed by atoms with Crippen LogP contribution in [-0.2, 0) is 0 Å². The van der Waals surface area contributed by atoms with Crippen LogP contribution in [0.4, 0.5) is 0 Å². The fraction of sp³-hybridized carbons (Fsp3) is 0.818. The zero-order valence-electron chi connectivity index (χ0n) is 10.4. The molecule has 1 heterocycles. The van der Waals surface area contributed by atoms with Gasteiger partial charge in [-0.25, -0.2) is 0 Å². The van der Waals surface area contributed by atoms with E-state index in [-0.39, 0.29) is 0 Å². The second-order valence-corrected chi connectivity index (χ2v) is 4.24. The van der Waals surface area contributed by atoms with E-state index in [1.807, 2.05) is 19.4 Å². The fourth-order valence-electron chi connectivity index (χ4n) is 1.09. The lowest BCUT2D eigenvalue weighted by Crippen LogP contribution is -1.83. The maximum Gasteiger partial charge on any atom is 0.0807 e. The number of hydrogen-bond donors (Lipinski definition) is 0. The van der Waals surface area contributed by atoms with Crippen molar-refractivity contribution < 1.29 is 0 Å². The van der Waals surface area contributed by atoms with E-state index in [9.17, 15) is 0 Å². The maximum absolute atomic E-state index is 3.78. The van der Waals surface area contributed by atoms with Gasteiger partial charge in [-0.05, 0) is 18.9 Å². The second-order valence-electron chi connectivity index (χ2n) is 3.51. The highest BCUT2D eigenvalue weighted by atomic mass is 32.2. The van der Waals surface area contributed by atoms with E-state index in [2.05, 4.69) is 24.2 Å². The molecule has 0 unspecified atom stereocenters. The van der Waals surface area contributed by atoms with E-state index in [1.165, 1.54) is 44.1 Å². The van der Waals surface area contributed by atoms with Gasteiger partial charge in [-0.3, -0.25) is 0 Å². The molecule has 0 N–H and O–H groups in total. The van der Waals surface area contributed by atoms with Gasteiger partial charge in [0.25, 0.3) is 0 Å². The minimum absolute atomic E-state index is 0.958. The number of hydrogen-bond acceptors (Lipinski definition) is 3. The first-order chi connectivity index (χ1) is 7.24. The van der Waals surface area contributed by atoms with Crippen LogP contribution >= 0.6 is 11.9 Å². The van der Waals surface area contributed by atoms with Crippen molar-refractivity contribution in [3.05, 3.63) is 11.9 Å². The van der Waals surface area contributed by atoms with Gasteiger partial charge in [0.05, 0.1) is 11.9 Å². The van der Waals surface area contributed by atoms with E-state index in [0.29, 0.717) is 0 Å². The molecule has 4 heteroatoms. The molecule has 1 aromatic heterocycles. The van der Waals surface area contributed by atoms with Gasteiger partial charge in [-0.2, -0.15) is 4.09 Å². The first-order valence-corrected chi connectivity index (χ1v) is 6.86. The summed E-state index contributed by atoms with van der Waals surface area (Å²) < 4.78 is 1.72. The number of aryl methyl sites for hydroxylation is 1. The topological polar surface area (TPSA) is 30.7 Å². The zero-order valence-corrected chi connectivity index (χ0v) is 11.2. The summed E-state index contributed by atoms with van der Waals surface area (Å²) in [4.78, 5) is 0. The average Bonchev–Trinajstić information content (AvgIpc) is 2.66. The first-order valence-electron chi connectivity index (χ1n) is 5.68. The van der Waals surface area contributed by atoms with Crippen molar-refractivity contribution in [3.8, 4) is 0 Å². The van der Waals surface area contributed by atoms with Crippen molar-refractivity contribution in [1.82, 2.24) is 14.4 Å². The summed E-state index contributed by atoms with van der Waals surface area (Å²) in [5.41, 5.74) is 0.958. The molecule has 0 saturated carbocycles. The molecular formula is C11H23N3S. The quantitative estimate of drug-likeness (QED) is 0.721. The van der Waals surface area contributed by atoms with Crippen LogP contribution in [0.3, 0.4) is 0 Å². The van der Waals surface area contributed by atoms with Crippen LogP contribution in [0.25, 0.3) is 0 Å². The Kier molecular flexibility index (Phi) is 9.68. The standard InChI is InChI=1S/C7H16.C4H7N3S/c1-3-5-7-6-4-2;1-4-3-7(8-2)6-5-4/h3-7H2,1-2H3;3H,1-2H3. The van der Waals surface area contributed by atoms with E-state index >= 15 is 0 Å². The highest BCUT2D eigenvalue weighted by Crippen LogP contribution is 2.00. The number of nitrogens with zero attached hydrogens (tertiary/aromatic N) is 3. The number of aromatic nitrogens is 3. The lowest BCUT2D eigenvalue weighted by molar-refractivity contribution is 0.656. The van der Waals surface area contributed by atoms with Gasteiger partial charge in [0.2, 0.25) is 0 Å². The largest absolute Gasteiger partial charge is 0.194 e. The Balaban J connectivity index is 0.000000265. The SMILES string of the molecule is CCCCCCC.CSn1cc(C)nn1. The van der Waals surface area contributed by atoms with Crippen LogP contribution in [0.2, 0.25) is 0 Å². The van der Waals surface area contributed by atoms with E-state index in [1.54, 1.807) is 4.09 Å². The third-order valence-electron chi connectivity index (χ3n) is 1.98. The minimum Gasteiger partial charge on any atom is -0.194 e. The van der Waals surface area contributed by atoms with E-state index in [4.69, 9.17) is 0 Å². The van der Waals surface area contributed by atoms with Gasteiger partial charge >= 0.3 is 0 Å². The molecule has 0 aliphatic rings. The Morgan fingerprint density at radius 1 is 1.20 bits per heavy atom. The summed E-state index contributed by atoms with van der Waals surface area (Å²) in [6.07, 6.45) is 10.8. The van der Waals surface area contributed by atoms with Crippen LogP contribution < -0.4 is 0 Å². The number of rotatable bonds is 5. The lowest BCUT2D eigenvalue weighted by Gasteiger charge is -1.90. The Morgan fingerprint density at radius 2 is 1.80 bits per heavy atom. The Morgan fingerprint density at radius 3 is 2.07 bits per heavy atom. The average molecular weight is 229 g/mol. The second kappa shape index (κ2) is 10.0. The van der Waals surface area contributed by atoms with Crippen molar-refractivity contribution >= 4 is 11.9 Å². The number of unbranched alkanes of at least 4 members (excludes halogenated alkanes) is 4. The van der Waals surface area contributed by atoms with Crippen LogP contribution in [0.1, 0.15) is 51.6 Å². The van der Waals surface area contributed by atoms with Gasteiger partial charge in [-0.1, -0.05) is 51.2 Å². The molecule has 0 radical (unpaired) electrons. The van der Waals surface area contributed by atoms with Crippen molar-refractivity contribution in [2.45, 2.75) is 52.9 Å². The van der Waals surface area contributed by atoms with Crippen molar-refractivity contribution in [2.75, 3.05) is 6.26 Å². The summed E-state index contributed by atoms with van der Waals surface area (Å²) >= 11 is 1.53. The third kappa shape index (κ3) is 8.48. The Bertz CT molecular complexity index is 231. The van der Waals surface area contributed by atoms with Crippen molar-refractivity contribution in [3.63, 3.8) is 0 Å². The fourth-order valence-corrected chi connectivity index (χ4v) is 1.46. The van der Waals surface area contributed by atoms with E-state index < -0.39 is 0 Å². The molecule has 1 aromatic rings. The summed E-state index contributed by atoms with van der Waals surface area (Å²) in [6.45, 7) is 6.41. The van der Waals surface area contributed by atoms with Gasteiger partial charge in [0.15, 0.2) is 0 Å². The molecule has 3 nitrogen and oxygen atoms in total. The molecule has 0 spiro atoms. The van der Waals surface area contributed by atoms with Crippen LogP contribution in [-0.4, -0.2) is 20.7 Å². The highest BCUT2D eigenvalue weighted by Gasteiger charge is 1.88. The molecule has 0 aromatic carbocycles. The zero-order chi connectivity index (χ0) is 11.5. The molecule has 1 rings (SSSR count). The Labute approximate surface area is 97.8 Å². The summed E-state index contributed by atoms with van der Waals surface area (Å²) in [5, 5.41) is 7.54. The molecule has 0 amide bonds. The van der Waals surface area contributed by atoms with Crippen LogP contribution in [0.15, 0.2) is 6.20 Å². The maximum atomic E-state index is 3.78. The molecule has 0 atom stereocenters. The first kappa shape index (κ1) is 14.5. The lowest BCUT2D eigenvalue weighted by atomic mass is 10.2. The predicted molar refractivity (Wildman–Crippen MR) is 68.1 cm³/mol.